The van der Waals surface area contributed by atoms with Gasteiger partial charge in [-0.05, 0) is 87.2 Å². The van der Waals surface area contributed by atoms with Crippen LogP contribution < -0.4 is 9.47 Å². The Morgan fingerprint density at radius 2 is 1.15 bits per heavy atom. The molecule has 0 amide bonds. The highest BCUT2D eigenvalue weighted by Gasteiger charge is 2.23. The van der Waals surface area contributed by atoms with Crippen molar-refractivity contribution in [1.82, 2.24) is 0 Å². The molecule has 0 saturated heterocycles. The fraction of sp³-hybridized carbons (Fsp3) is 0.278. The quantitative estimate of drug-likeness (QED) is 0.233. The van der Waals surface area contributed by atoms with Crippen LogP contribution in [0.25, 0.3) is 5.03 Å². The number of ether oxygens (including phenoxy) is 2. The van der Waals surface area contributed by atoms with Gasteiger partial charge in [-0.2, -0.15) is 0 Å². The van der Waals surface area contributed by atoms with E-state index in [2.05, 4.69) is 78.0 Å². The summed E-state index contributed by atoms with van der Waals surface area (Å²) in [6, 6.07) is 33.1. The van der Waals surface area contributed by atoms with Crippen LogP contribution in [0.5, 0.6) is 17.2 Å². The number of allylic oxidation sites excluding steroid dienone is 1. The molecule has 0 fully saturated rings. The molecule has 4 aromatic carbocycles. The molecule has 0 heterocycles. The summed E-state index contributed by atoms with van der Waals surface area (Å²) in [5.41, 5.74) is 5.97. The van der Waals surface area contributed by atoms with Crippen molar-refractivity contribution in [2.24, 2.45) is 0 Å². The third kappa shape index (κ3) is 7.34. The molecular formula is C36H39ClO2. The predicted molar refractivity (Wildman–Crippen MR) is 165 cm³/mol. The van der Waals surface area contributed by atoms with E-state index in [0.717, 1.165) is 28.4 Å². The van der Waals surface area contributed by atoms with Crippen molar-refractivity contribution in [3.05, 3.63) is 131 Å². The summed E-state index contributed by atoms with van der Waals surface area (Å²) in [5, 5.41) is 0.700. The summed E-state index contributed by atoms with van der Waals surface area (Å²) in [4.78, 5) is 0. The second-order valence-electron chi connectivity index (χ2n) is 12.0. The minimum Gasteiger partial charge on any atom is -0.497 e. The molecule has 0 spiro atoms. The van der Waals surface area contributed by atoms with Crippen molar-refractivity contribution in [3.63, 3.8) is 0 Å². The van der Waals surface area contributed by atoms with Crippen molar-refractivity contribution in [2.75, 3.05) is 7.11 Å². The topological polar surface area (TPSA) is 18.5 Å². The maximum Gasteiger partial charge on any atom is 0.127 e. The van der Waals surface area contributed by atoms with Crippen LogP contribution in [-0.4, -0.2) is 7.11 Å². The average Bonchev–Trinajstić information content (AvgIpc) is 2.91. The van der Waals surface area contributed by atoms with Crippen LogP contribution in [0.1, 0.15) is 75.3 Å². The monoisotopic (exact) mass is 538 g/mol. The van der Waals surface area contributed by atoms with Gasteiger partial charge in [0.05, 0.1) is 7.11 Å². The third-order valence-corrected chi connectivity index (χ3v) is 7.29. The molecule has 0 aromatic heterocycles. The highest BCUT2D eigenvalue weighted by molar-refractivity contribution is 6.48. The molecule has 0 aliphatic rings. The molecule has 3 heteroatoms. The van der Waals surface area contributed by atoms with Gasteiger partial charge in [0.2, 0.25) is 0 Å². The first kappa shape index (κ1) is 28.5. The van der Waals surface area contributed by atoms with Crippen molar-refractivity contribution < 1.29 is 9.47 Å². The molecule has 202 valence electrons. The van der Waals surface area contributed by atoms with E-state index in [4.69, 9.17) is 21.1 Å². The summed E-state index contributed by atoms with van der Waals surface area (Å²) < 4.78 is 11.4. The fourth-order valence-electron chi connectivity index (χ4n) is 4.44. The van der Waals surface area contributed by atoms with Crippen molar-refractivity contribution in [2.45, 2.75) is 58.3 Å². The van der Waals surface area contributed by atoms with Gasteiger partial charge in [-0.15, -0.1) is 0 Å². The molecule has 0 N–H and O–H groups in total. The molecule has 1 unspecified atom stereocenters. The number of hydrogen-bond acceptors (Lipinski definition) is 2. The highest BCUT2D eigenvalue weighted by atomic mass is 35.5. The molecule has 0 radical (unpaired) electrons. The summed E-state index contributed by atoms with van der Waals surface area (Å²) in [7, 11) is 1.67. The van der Waals surface area contributed by atoms with Gasteiger partial charge in [-0.1, -0.05) is 108 Å². The highest BCUT2D eigenvalue weighted by Crippen LogP contribution is 2.38. The van der Waals surface area contributed by atoms with Gasteiger partial charge in [-0.3, -0.25) is 0 Å². The Bertz CT molecular complexity index is 1370. The number of benzene rings is 4. The van der Waals surface area contributed by atoms with Crippen LogP contribution in [-0.2, 0) is 10.8 Å². The molecule has 0 saturated carbocycles. The molecular weight excluding hydrogens is 500 g/mol. The maximum atomic E-state index is 6.99. The summed E-state index contributed by atoms with van der Waals surface area (Å²) in [6.45, 7) is 13.6. The molecule has 0 aliphatic heterocycles. The van der Waals surface area contributed by atoms with Crippen molar-refractivity contribution in [3.8, 4) is 17.2 Å². The molecule has 2 nitrogen and oxygen atoms in total. The van der Waals surface area contributed by atoms with Gasteiger partial charge in [0.25, 0.3) is 0 Å². The maximum absolute atomic E-state index is 6.99. The zero-order chi connectivity index (χ0) is 28.2. The predicted octanol–water partition coefficient (Wildman–Crippen LogP) is 10.5. The van der Waals surface area contributed by atoms with Gasteiger partial charge >= 0.3 is 0 Å². The van der Waals surface area contributed by atoms with E-state index in [-0.39, 0.29) is 16.7 Å². The first-order chi connectivity index (χ1) is 18.4. The van der Waals surface area contributed by atoms with Gasteiger partial charge < -0.3 is 9.47 Å². The minimum atomic E-state index is -0.0474. The smallest absolute Gasteiger partial charge is 0.127 e. The third-order valence-electron chi connectivity index (χ3n) is 6.94. The second kappa shape index (κ2) is 11.7. The van der Waals surface area contributed by atoms with Crippen LogP contribution >= 0.6 is 11.6 Å². The number of hydrogen-bond donors (Lipinski definition) is 0. The van der Waals surface area contributed by atoms with Crippen LogP contribution in [0.3, 0.4) is 0 Å². The van der Waals surface area contributed by atoms with Gasteiger partial charge in [-0.25, -0.2) is 0 Å². The van der Waals surface area contributed by atoms with E-state index in [1.165, 1.54) is 16.7 Å². The Kier molecular flexibility index (Phi) is 8.57. The van der Waals surface area contributed by atoms with Crippen molar-refractivity contribution >= 4 is 16.6 Å². The molecule has 39 heavy (non-hydrogen) atoms. The summed E-state index contributed by atoms with van der Waals surface area (Å²) in [5.74, 6) is 2.37. The first-order valence-corrected chi connectivity index (χ1v) is 13.8. The normalized spacial score (nSPS) is 13.2. The number of para-hydroxylation sites is 1. The molecule has 0 bridgehead atoms. The Balaban J connectivity index is 1.82. The molecule has 1 atom stereocenters. The van der Waals surface area contributed by atoms with Gasteiger partial charge in [0.15, 0.2) is 0 Å². The Morgan fingerprint density at radius 1 is 0.641 bits per heavy atom. The fourth-order valence-corrected chi connectivity index (χ4v) is 4.69. The Hall–Kier alpha value is -3.49. The van der Waals surface area contributed by atoms with Crippen molar-refractivity contribution in [1.29, 1.82) is 0 Å². The van der Waals surface area contributed by atoms with E-state index in [0.29, 0.717) is 5.03 Å². The lowest BCUT2D eigenvalue weighted by Gasteiger charge is -2.28. The second-order valence-corrected chi connectivity index (χ2v) is 12.5. The lowest BCUT2D eigenvalue weighted by molar-refractivity contribution is 0.415. The molecule has 0 aliphatic carbocycles. The zero-order valence-corrected chi connectivity index (χ0v) is 24.8. The zero-order valence-electron chi connectivity index (χ0n) is 24.1. The first-order valence-electron chi connectivity index (χ1n) is 13.4. The van der Waals surface area contributed by atoms with Crippen LogP contribution in [0.15, 0.2) is 103 Å². The summed E-state index contributed by atoms with van der Waals surface area (Å²) >= 11 is 6.99. The lowest BCUT2D eigenvalue weighted by atomic mass is 9.77. The van der Waals surface area contributed by atoms with Crippen LogP contribution in [0.2, 0.25) is 0 Å². The SMILES string of the molecule is COc1ccc(C(Cl)=CC(c2ccc(Oc3ccccc3)cc2)c2cc(C(C)(C)C)cc(C(C)(C)C)c2)cc1. The average molecular weight is 539 g/mol. The lowest BCUT2D eigenvalue weighted by Crippen LogP contribution is -2.17. The van der Waals surface area contributed by atoms with E-state index < -0.39 is 0 Å². The van der Waals surface area contributed by atoms with Crippen LogP contribution in [0.4, 0.5) is 0 Å². The van der Waals surface area contributed by atoms with Crippen LogP contribution in [0, 0.1) is 0 Å². The molecule has 4 rings (SSSR count). The standard InChI is InChI=1S/C36H39ClO2/c1-35(2,3)28-21-27(22-29(23-28)36(4,5)6)33(24-34(37)26-15-17-30(38-7)18-16-26)25-13-19-32(20-14-25)39-31-11-9-8-10-12-31/h8-24,33H,1-7H3. The van der Waals surface area contributed by atoms with E-state index in [1.54, 1.807) is 7.11 Å². The molecule has 4 aromatic rings. The Morgan fingerprint density at radius 3 is 1.67 bits per heavy atom. The Labute approximate surface area is 239 Å². The van der Waals surface area contributed by atoms with Gasteiger partial charge in [0, 0.05) is 11.0 Å². The number of halogens is 1. The number of rotatable bonds is 7. The minimum absolute atomic E-state index is 0.0113. The van der Waals surface area contributed by atoms with E-state index >= 15 is 0 Å². The van der Waals surface area contributed by atoms with Gasteiger partial charge in [0.1, 0.15) is 17.2 Å². The summed E-state index contributed by atoms with van der Waals surface area (Å²) in [6.07, 6.45) is 2.16. The largest absolute Gasteiger partial charge is 0.497 e. The van der Waals surface area contributed by atoms with E-state index in [1.807, 2.05) is 66.7 Å². The van der Waals surface area contributed by atoms with E-state index in [9.17, 15) is 0 Å². The number of methoxy groups -OCH3 is 1.